The quantitative estimate of drug-likeness (QED) is 0.0730. The van der Waals surface area contributed by atoms with Gasteiger partial charge in [0.1, 0.15) is 24.5 Å². The van der Waals surface area contributed by atoms with Gasteiger partial charge in [0, 0.05) is 40.1 Å². The number of aliphatic hydroxyl groups excluding tert-OH is 4. The summed E-state index contributed by atoms with van der Waals surface area (Å²) in [6.45, 7) is 5.54. The van der Waals surface area contributed by atoms with Gasteiger partial charge in [-0.25, -0.2) is 0 Å². The summed E-state index contributed by atoms with van der Waals surface area (Å²) in [5.74, 6) is -0.549. The fourth-order valence-electron chi connectivity index (χ4n) is 3.74. The molecule has 0 spiro atoms. The van der Waals surface area contributed by atoms with Gasteiger partial charge < -0.3 is 50.2 Å². The van der Waals surface area contributed by atoms with Gasteiger partial charge in [0.25, 0.3) is 0 Å². The Labute approximate surface area is 207 Å². The second-order valence-corrected chi connectivity index (χ2v) is 8.51. The molecular formula is C22H44N4O9. The Morgan fingerprint density at radius 1 is 1.03 bits per heavy atom. The van der Waals surface area contributed by atoms with E-state index in [1.165, 1.54) is 18.7 Å². The molecule has 1 aliphatic heterocycles. The number of hydrogen-bond donors (Lipinski definition) is 7. The molecule has 13 heteroatoms. The lowest BCUT2D eigenvalue weighted by atomic mass is 9.90. The lowest BCUT2D eigenvalue weighted by Crippen LogP contribution is -2.63. The summed E-state index contributed by atoms with van der Waals surface area (Å²) in [5.41, 5.74) is 0. The Hall–Kier alpha value is -1.42. The highest BCUT2D eigenvalue weighted by molar-refractivity contribution is 5.73. The Kier molecular flexibility index (Phi) is 16.2. The van der Waals surface area contributed by atoms with Crippen molar-refractivity contribution < 1.29 is 44.2 Å². The summed E-state index contributed by atoms with van der Waals surface area (Å²) in [6, 6.07) is -0.804. The predicted octanol–water partition coefficient (Wildman–Crippen LogP) is -3.24. The van der Waals surface area contributed by atoms with Gasteiger partial charge in [-0.05, 0) is 19.9 Å². The first-order chi connectivity index (χ1) is 16.7. The zero-order valence-corrected chi connectivity index (χ0v) is 21.0. The molecule has 1 saturated heterocycles. The van der Waals surface area contributed by atoms with Crippen LogP contribution in [0.15, 0.2) is 0 Å². The van der Waals surface area contributed by atoms with E-state index in [9.17, 15) is 30.0 Å². The number of likely N-dealkylation sites (N-methyl/N-ethyl adjacent to an activating group) is 1. The molecule has 0 aromatic carbocycles. The van der Waals surface area contributed by atoms with Gasteiger partial charge in [-0.3, -0.25) is 14.9 Å². The number of nitrogens with zero attached hydrogens (tertiary/aromatic N) is 1. The molecule has 1 fully saturated rings. The molecule has 0 bridgehead atoms. The molecule has 13 nitrogen and oxygen atoms in total. The lowest BCUT2D eigenvalue weighted by Gasteiger charge is -2.42. The number of amides is 2. The smallest absolute Gasteiger partial charge is 0.219 e. The first kappa shape index (κ1) is 31.6. The van der Waals surface area contributed by atoms with E-state index < -0.39 is 43.3 Å². The molecule has 35 heavy (non-hydrogen) atoms. The first-order valence-electron chi connectivity index (χ1n) is 12.1. The second kappa shape index (κ2) is 17.9. The molecule has 2 unspecified atom stereocenters. The summed E-state index contributed by atoms with van der Waals surface area (Å²) in [7, 11) is 1.84. The van der Waals surface area contributed by atoms with Crippen LogP contribution < -0.4 is 16.0 Å². The van der Waals surface area contributed by atoms with Gasteiger partial charge in [-0.1, -0.05) is 0 Å². The van der Waals surface area contributed by atoms with Gasteiger partial charge in [0.2, 0.25) is 11.8 Å². The highest BCUT2D eigenvalue weighted by Crippen LogP contribution is 2.24. The highest BCUT2D eigenvalue weighted by atomic mass is 16.5. The van der Waals surface area contributed by atoms with Crippen molar-refractivity contribution in [3.63, 3.8) is 0 Å². The topological polar surface area (TPSA) is 182 Å². The number of carbonyl (C=O) groups is 2. The van der Waals surface area contributed by atoms with E-state index in [1.807, 2.05) is 7.05 Å². The van der Waals surface area contributed by atoms with E-state index in [0.717, 1.165) is 6.54 Å². The van der Waals surface area contributed by atoms with Crippen LogP contribution in [0.5, 0.6) is 0 Å². The number of rotatable bonds is 18. The van der Waals surface area contributed by atoms with Crippen molar-refractivity contribution in [2.24, 2.45) is 0 Å². The molecule has 1 rings (SSSR count). The third kappa shape index (κ3) is 12.4. The van der Waals surface area contributed by atoms with Crippen LogP contribution in [-0.4, -0.2) is 140 Å². The van der Waals surface area contributed by atoms with Crippen molar-refractivity contribution in [1.29, 1.82) is 0 Å². The maximum Gasteiger partial charge on any atom is 0.219 e. The molecule has 6 atom stereocenters. The molecule has 2 amide bonds. The fourth-order valence-corrected chi connectivity index (χ4v) is 3.74. The Morgan fingerprint density at radius 2 is 1.71 bits per heavy atom. The molecule has 1 aliphatic rings. The van der Waals surface area contributed by atoms with E-state index in [0.29, 0.717) is 45.8 Å². The van der Waals surface area contributed by atoms with Crippen LogP contribution in [0, 0.1) is 0 Å². The fraction of sp³-hybridized carbons (Fsp3) is 0.909. The summed E-state index contributed by atoms with van der Waals surface area (Å²) < 4.78 is 16.7. The second-order valence-electron chi connectivity index (χ2n) is 8.51. The summed E-state index contributed by atoms with van der Waals surface area (Å²) >= 11 is 0. The average molecular weight is 509 g/mol. The number of ether oxygens (including phenoxy) is 3. The third-order valence-corrected chi connectivity index (χ3v) is 5.64. The first-order valence-corrected chi connectivity index (χ1v) is 12.1. The number of carbonyl (C=O) groups excluding carboxylic acids is 2. The van der Waals surface area contributed by atoms with E-state index in [4.69, 9.17) is 14.2 Å². The maximum absolute atomic E-state index is 11.9. The van der Waals surface area contributed by atoms with Crippen molar-refractivity contribution in [1.82, 2.24) is 20.9 Å². The minimum Gasteiger partial charge on any atom is -0.394 e. The zero-order valence-electron chi connectivity index (χ0n) is 21.0. The van der Waals surface area contributed by atoms with Gasteiger partial charge in [-0.15, -0.1) is 0 Å². The van der Waals surface area contributed by atoms with E-state index in [-0.39, 0.29) is 25.0 Å². The molecular weight excluding hydrogens is 464 g/mol. The molecule has 0 aromatic heterocycles. The summed E-state index contributed by atoms with van der Waals surface area (Å²) in [6.07, 6.45) is -4.06. The lowest BCUT2D eigenvalue weighted by molar-refractivity contribution is -0.197. The van der Waals surface area contributed by atoms with Crippen LogP contribution in [0.25, 0.3) is 0 Å². The van der Waals surface area contributed by atoms with E-state index >= 15 is 0 Å². The van der Waals surface area contributed by atoms with Crippen molar-refractivity contribution in [3.8, 4) is 0 Å². The third-order valence-electron chi connectivity index (χ3n) is 5.64. The molecule has 0 saturated carbocycles. The van der Waals surface area contributed by atoms with Crippen molar-refractivity contribution in [2.45, 2.75) is 63.4 Å². The van der Waals surface area contributed by atoms with Gasteiger partial charge in [0.05, 0.1) is 45.1 Å². The van der Waals surface area contributed by atoms with Crippen LogP contribution in [0.3, 0.4) is 0 Å². The minimum absolute atomic E-state index is 0.117. The Bertz CT molecular complexity index is 601. The Morgan fingerprint density at radius 3 is 2.34 bits per heavy atom. The van der Waals surface area contributed by atoms with E-state index in [2.05, 4.69) is 16.0 Å². The number of aliphatic hydroxyl groups is 4. The number of hydrogen-bond acceptors (Lipinski definition) is 11. The van der Waals surface area contributed by atoms with Crippen LogP contribution in [0.1, 0.15) is 26.7 Å². The summed E-state index contributed by atoms with van der Waals surface area (Å²) in [5, 5.41) is 48.4. The van der Waals surface area contributed by atoms with Gasteiger partial charge in [-0.2, -0.15) is 0 Å². The highest BCUT2D eigenvalue weighted by Gasteiger charge is 2.44. The van der Waals surface area contributed by atoms with Crippen LogP contribution >= 0.6 is 0 Å². The normalized spacial score (nSPS) is 25.3. The molecule has 7 N–H and O–H groups in total. The van der Waals surface area contributed by atoms with Crippen molar-refractivity contribution in [3.05, 3.63) is 0 Å². The van der Waals surface area contributed by atoms with Gasteiger partial charge in [0.15, 0.2) is 0 Å². The standard InChI is InChI=1S/C22H44N4O9/c1-15(28)25-20-17(35-18(14-27)21(31)22(20)32)5-4-9-33-12-8-26(16(2)29)13-19(30)24-7-11-34-10-6-23-3/h17-24,27,30-32H,4-14H2,1-3H3,(H,25,28)/t17?,18-,19?,20+,21+,22-/m1/s1. The molecule has 0 aliphatic carbocycles. The van der Waals surface area contributed by atoms with E-state index in [1.54, 1.807) is 0 Å². The minimum atomic E-state index is -1.31. The zero-order chi connectivity index (χ0) is 26.2. The number of nitrogens with one attached hydrogen (secondary N) is 3. The van der Waals surface area contributed by atoms with Crippen molar-refractivity contribution in [2.75, 3.05) is 66.3 Å². The van der Waals surface area contributed by atoms with Crippen LogP contribution in [-0.2, 0) is 23.8 Å². The largest absolute Gasteiger partial charge is 0.394 e. The predicted molar refractivity (Wildman–Crippen MR) is 126 cm³/mol. The maximum atomic E-state index is 11.9. The van der Waals surface area contributed by atoms with Crippen LogP contribution in [0.2, 0.25) is 0 Å². The average Bonchev–Trinajstić information content (AvgIpc) is 2.81. The van der Waals surface area contributed by atoms with Gasteiger partial charge >= 0.3 is 0 Å². The SMILES string of the molecule is CNCCOCCNC(O)CN(CCOCCCC1O[C@H](CO)[C@H](O)[C@H](O)[C@H]1NC(C)=O)C(C)=O. The Balaban J connectivity index is 2.33. The molecule has 206 valence electrons. The van der Waals surface area contributed by atoms with Crippen molar-refractivity contribution >= 4 is 11.8 Å². The monoisotopic (exact) mass is 508 g/mol. The van der Waals surface area contributed by atoms with Crippen LogP contribution in [0.4, 0.5) is 0 Å². The molecule has 0 aromatic rings. The summed E-state index contributed by atoms with van der Waals surface area (Å²) in [4.78, 5) is 24.9. The molecule has 1 heterocycles. The molecule has 0 radical (unpaired) electrons.